The Labute approximate surface area is 215 Å². The lowest BCUT2D eigenvalue weighted by Crippen LogP contribution is -2.49. The van der Waals surface area contributed by atoms with Gasteiger partial charge in [-0.3, -0.25) is 14.2 Å². The first-order chi connectivity index (χ1) is 17.7. The number of alkyl halides is 3. The van der Waals surface area contributed by atoms with Gasteiger partial charge in [-0.2, -0.15) is 13.2 Å². The van der Waals surface area contributed by atoms with E-state index in [2.05, 4.69) is 20.3 Å². The van der Waals surface area contributed by atoms with Gasteiger partial charge in [-0.15, -0.1) is 0 Å². The Balaban J connectivity index is 1.64. The van der Waals surface area contributed by atoms with E-state index < -0.39 is 46.3 Å². The van der Waals surface area contributed by atoms with Gasteiger partial charge < -0.3 is 15.3 Å². The second kappa shape index (κ2) is 9.93. The molecule has 0 bridgehead atoms. The van der Waals surface area contributed by atoms with Crippen LogP contribution in [0, 0.1) is 24.6 Å². The number of aliphatic hydroxyl groups excluding tert-OH is 1. The van der Waals surface area contributed by atoms with E-state index >= 15 is 4.39 Å². The molecule has 1 saturated heterocycles. The van der Waals surface area contributed by atoms with E-state index in [1.807, 2.05) is 13.8 Å². The van der Waals surface area contributed by atoms with Gasteiger partial charge in [-0.25, -0.2) is 19.3 Å². The molecule has 4 rings (SSSR count). The van der Waals surface area contributed by atoms with Crippen molar-refractivity contribution in [3.8, 4) is 0 Å². The molecule has 2 N–H and O–H groups in total. The maximum absolute atomic E-state index is 15.2. The number of anilines is 1. The number of nitrogens with zero attached hydrogens (tertiary/aromatic N) is 5. The summed E-state index contributed by atoms with van der Waals surface area (Å²) in [6, 6.07) is -0.179. The third-order valence-electron chi connectivity index (χ3n) is 7.03. The van der Waals surface area contributed by atoms with E-state index in [0.717, 1.165) is 10.6 Å². The van der Waals surface area contributed by atoms with E-state index in [1.165, 1.54) is 33.3 Å². The Hall–Kier alpha value is -3.61. The molecule has 3 heterocycles. The molecule has 0 aliphatic carbocycles. The minimum atomic E-state index is -5.06. The molecule has 1 fully saturated rings. The van der Waals surface area contributed by atoms with Crippen molar-refractivity contribution in [2.75, 3.05) is 18.4 Å². The summed E-state index contributed by atoms with van der Waals surface area (Å²) in [4.78, 5) is 39.1. The van der Waals surface area contributed by atoms with Crippen LogP contribution >= 0.6 is 0 Å². The fraction of sp³-hybridized carbons (Fsp3) is 0.480. The number of likely N-dealkylation sites (tertiary alicyclic amines) is 1. The van der Waals surface area contributed by atoms with Crippen molar-refractivity contribution in [1.82, 2.24) is 24.4 Å². The monoisotopic (exact) mass is 536 g/mol. The van der Waals surface area contributed by atoms with Crippen molar-refractivity contribution in [3.63, 3.8) is 0 Å². The number of carbonyl (C=O) groups is 1. The van der Waals surface area contributed by atoms with Crippen LogP contribution < -0.4 is 10.9 Å². The maximum atomic E-state index is 15.2. The number of rotatable bonds is 4. The molecular weight excluding hydrogens is 508 g/mol. The maximum Gasteiger partial charge on any atom is 0.419 e. The number of benzene rings is 1. The number of hydrogen-bond donors (Lipinski definition) is 2. The van der Waals surface area contributed by atoms with E-state index in [0.29, 0.717) is 13.1 Å². The number of nitrogens with one attached hydrogen (secondary N) is 1. The number of fused-ring (bicyclic) bond motifs is 1. The minimum Gasteiger partial charge on any atom is -0.392 e. The molecule has 3 aromatic rings. The first-order valence-corrected chi connectivity index (χ1v) is 12.0. The first kappa shape index (κ1) is 27.4. The van der Waals surface area contributed by atoms with Crippen molar-refractivity contribution in [2.24, 2.45) is 18.9 Å². The normalized spacial score (nSPS) is 21.0. The zero-order chi connectivity index (χ0) is 28.1. The van der Waals surface area contributed by atoms with Gasteiger partial charge in [0.15, 0.2) is 5.82 Å². The number of halogens is 4. The van der Waals surface area contributed by atoms with Crippen LogP contribution in [-0.4, -0.2) is 54.6 Å². The molecule has 3 atom stereocenters. The second-order valence-electron chi connectivity index (χ2n) is 9.89. The summed E-state index contributed by atoms with van der Waals surface area (Å²) in [6.45, 7) is 7.18. The molecule has 1 amide bonds. The van der Waals surface area contributed by atoms with Crippen LogP contribution in [0.15, 0.2) is 23.3 Å². The summed E-state index contributed by atoms with van der Waals surface area (Å²) in [6.07, 6.45) is -3.07. The fourth-order valence-corrected chi connectivity index (χ4v) is 4.81. The van der Waals surface area contributed by atoms with Gasteiger partial charge in [0.1, 0.15) is 11.3 Å². The molecule has 0 saturated carbocycles. The van der Waals surface area contributed by atoms with Gasteiger partial charge in [-0.05, 0) is 37.3 Å². The van der Waals surface area contributed by atoms with Crippen LogP contribution in [0.5, 0.6) is 0 Å². The number of aromatic nitrogens is 4. The quantitative estimate of drug-likeness (QED) is 0.491. The molecule has 2 aromatic heterocycles. The topological polar surface area (TPSA) is 113 Å². The predicted molar refractivity (Wildman–Crippen MR) is 131 cm³/mol. The Kier molecular flexibility index (Phi) is 7.17. The van der Waals surface area contributed by atoms with E-state index in [4.69, 9.17) is 0 Å². The summed E-state index contributed by atoms with van der Waals surface area (Å²) in [5.74, 6) is -2.19. The molecule has 1 aliphatic heterocycles. The second-order valence-corrected chi connectivity index (χ2v) is 9.89. The Morgan fingerprint density at radius 3 is 2.32 bits per heavy atom. The SMILES string of the molecule is Cc1nc2c(F)c(C(F)(F)F)c(C(C)Nc3ncc(C(=O)N4CC(C)C(O)C(C)C4)cn3)cc2c(=O)n1C. The zero-order valence-corrected chi connectivity index (χ0v) is 21.5. The fourth-order valence-electron chi connectivity index (χ4n) is 4.81. The molecular formula is C25H28F4N6O3. The Morgan fingerprint density at radius 2 is 1.76 bits per heavy atom. The van der Waals surface area contributed by atoms with Gasteiger partial charge in [0.05, 0.1) is 28.7 Å². The van der Waals surface area contributed by atoms with Crippen LogP contribution in [0.2, 0.25) is 0 Å². The van der Waals surface area contributed by atoms with Crippen molar-refractivity contribution in [3.05, 3.63) is 57.1 Å². The largest absolute Gasteiger partial charge is 0.419 e. The van der Waals surface area contributed by atoms with Crippen LogP contribution in [0.25, 0.3) is 10.9 Å². The minimum absolute atomic E-state index is 0.0705. The van der Waals surface area contributed by atoms with Crippen molar-refractivity contribution in [2.45, 2.75) is 46.0 Å². The highest BCUT2D eigenvalue weighted by atomic mass is 19.4. The van der Waals surface area contributed by atoms with Crippen molar-refractivity contribution < 1.29 is 27.5 Å². The molecule has 38 heavy (non-hydrogen) atoms. The van der Waals surface area contributed by atoms with Gasteiger partial charge >= 0.3 is 6.18 Å². The van der Waals surface area contributed by atoms with Gasteiger partial charge in [-0.1, -0.05) is 13.8 Å². The summed E-state index contributed by atoms with van der Waals surface area (Å²) in [7, 11) is 1.39. The molecule has 9 nitrogen and oxygen atoms in total. The third kappa shape index (κ3) is 4.94. The molecule has 3 unspecified atom stereocenters. The lowest BCUT2D eigenvalue weighted by molar-refractivity contribution is -0.140. The third-order valence-corrected chi connectivity index (χ3v) is 7.03. The van der Waals surface area contributed by atoms with E-state index in [9.17, 15) is 27.9 Å². The molecule has 1 aliphatic rings. The lowest BCUT2D eigenvalue weighted by Gasteiger charge is -2.38. The molecule has 13 heteroatoms. The number of hydrogen-bond acceptors (Lipinski definition) is 7. The Bertz CT molecular complexity index is 1430. The predicted octanol–water partition coefficient (Wildman–Crippen LogP) is 3.45. The highest BCUT2D eigenvalue weighted by Crippen LogP contribution is 2.39. The highest BCUT2D eigenvalue weighted by Gasteiger charge is 2.40. The molecule has 1 aromatic carbocycles. The lowest BCUT2D eigenvalue weighted by atomic mass is 9.88. The summed E-state index contributed by atoms with van der Waals surface area (Å²) in [5.41, 5.74) is -3.20. The number of carbonyl (C=O) groups excluding carboxylic acids is 1. The van der Waals surface area contributed by atoms with Crippen LogP contribution in [0.3, 0.4) is 0 Å². The number of piperidine rings is 1. The summed E-state index contributed by atoms with van der Waals surface area (Å²) in [5, 5.41) is 12.5. The van der Waals surface area contributed by atoms with Gasteiger partial charge in [0.25, 0.3) is 11.5 Å². The van der Waals surface area contributed by atoms with Crippen LogP contribution in [0.1, 0.15) is 54.1 Å². The van der Waals surface area contributed by atoms with Gasteiger partial charge in [0, 0.05) is 32.5 Å². The molecule has 204 valence electrons. The standard InChI is InChI=1S/C25H28F4N6O3/c1-11-9-35(10-12(2)21(11)36)22(37)15-7-30-24(31-8-15)32-13(3)16-6-17-20(19(26)18(16)25(27,28)29)33-14(4)34(5)23(17)38/h6-8,11-13,21,36H,9-10H2,1-5H3,(H,30,31,32). The first-order valence-electron chi connectivity index (χ1n) is 12.0. The molecule has 0 radical (unpaired) electrons. The number of aryl methyl sites for hydroxylation is 1. The van der Waals surface area contributed by atoms with E-state index in [-0.39, 0.29) is 40.5 Å². The number of aliphatic hydroxyl groups is 1. The van der Waals surface area contributed by atoms with Crippen LogP contribution in [0.4, 0.5) is 23.5 Å². The molecule has 0 spiro atoms. The zero-order valence-electron chi connectivity index (χ0n) is 21.5. The highest BCUT2D eigenvalue weighted by molar-refractivity contribution is 5.93. The summed E-state index contributed by atoms with van der Waals surface area (Å²) < 4.78 is 58.1. The smallest absolute Gasteiger partial charge is 0.392 e. The van der Waals surface area contributed by atoms with Crippen molar-refractivity contribution >= 4 is 22.8 Å². The van der Waals surface area contributed by atoms with Gasteiger partial charge in [0.2, 0.25) is 5.95 Å². The summed E-state index contributed by atoms with van der Waals surface area (Å²) >= 11 is 0. The van der Waals surface area contributed by atoms with Crippen molar-refractivity contribution in [1.29, 1.82) is 0 Å². The Morgan fingerprint density at radius 1 is 1.18 bits per heavy atom. The number of amides is 1. The van der Waals surface area contributed by atoms with Crippen LogP contribution in [-0.2, 0) is 13.2 Å². The average molecular weight is 537 g/mol. The van der Waals surface area contributed by atoms with E-state index in [1.54, 1.807) is 4.90 Å². The average Bonchev–Trinajstić information content (AvgIpc) is 2.85.